The van der Waals surface area contributed by atoms with Crippen molar-refractivity contribution in [1.29, 1.82) is 0 Å². The van der Waals surface area contributed by atoms with Gasteiger partial charge in [-0.05, 0) is 18.9 Å². The quantitative estimate of drug-likeness (QED) is 0.858. The SMILES string of the molecule is C[C@]1(C(=O)O)C[C@@H](Br)CN1C(=O)OCc1ccccc1. The number of carboxylic acid groups (broad SMARTS) is 1. The van der Waals surface area contributed by atoms with E-state index in [1.807, 2.05) is 30.3 Å². The van der Waals surface area contributed by atoms with Crippen LogP contribution in [0.15, 0.2) is 30.3 Å². The molecule has 0 radical (unpaired) electrons. The van der Waals surface area contributed by atoms with Crippen LogP contribution in [0.1, 0.15) is 18.9 Å². The number of carbonyl (C=O) groups is 2. The number of amides is 1. The number of alkyl halides is 1. The van der Waals surface area contributed by atoms with E-state index in [1.54, 1.807) is 6.92 Å². The van der Waals surface area contributed by atoms with Gasteiger partial charge in [-0.1, -0.05) is 46.3 Å². The molecule has 1 heterocycles. The summed E-state index contributed by atoms with van der Waals surface area (Å²) in [6.45, 7) is 2.01. The molecule has 1 aromatic carbocycles. The fraction of sp³-hybridized carbons (Fsp3) is 0.429. The minimum Gasteiger partial charge on any atom is -0.480 e. The third-order valence-corrected chi connectivity index (χ3v) is 4.09. The fourth-order valence-corrected chi connectivity index (χ4v) is 3.20. The van der Waals surface area contributed by atoms with Crippen LogP contribution in [0.25, 0.3) is 0 Å². The van der Waals surface area contributed by atoms with Gasteiger partial charge in [0.05, 0.1) is 0 Å². The molecular formula is C14H16BrNO4. The Balaban J connectivity index is 2.03. The monoisotopic (exact) mass is 341 g/mol. The molecule has 0 bridgehead atoms. The molecule has 1 aliphatic heterocycles. The van der Waals surface area contributed by atoms with Gasteiger partial charge in [0.2, 0.25) is 0 Å². The third kappa shape index (κ3) is 2.95. The van der Waals surface area contributed by atoms with Crippen LogP contribution in [0.3, 0.4) is 0 Å². The second kappa shape index (κ2) is 5.83. The average molecular weight is 342 g/mol. The van der Waals surface area contributed by atoms with Crippen LogP contribution in [0, 0.1) is 0 Å². The summed E-state index contributed by atoms with van der Waals surface area (Å²) in [5, 5.41) is 9.32. The van der Waals surface area contributed by atoms with Crippen molar-refractivity contribution in [2.24, 2.45) is 0 Å². The van der Waals surface area contributed by atoms with Crippen molar-refractivity contribution in [3.63, 3.8) is 0 Å². The highest BCUT2D eigenvalue weighted by Gasteiger charge is 2.50. The molecule has 20 heavy (non-hydrogen) atoms. The molecule has 0 unspecified atom stereocenters. The number of aliphatic carboxylic acids is 1. The molecule has 1 fully saturated rings. The highest BCUT2D eigenvalue weighted by molar-refractivity contribution is 9.09. The Morgan fingerprint density at radius 2 is 2.10 bits per heavy atom. The summed E-state index contributed by atoms with van der Waals surface area (Å²) in [5.41, 5.74) is -0.352. The first-order chi connectivity index (χ1) is 9.43. The van der Waals surface area contributed by atoms with Crippen molar-refractivity contribution in [3.8, 4) is 0 Å². The number of benzene rings is 1. The summed E-state index contributed by atoms with van der Waals surface area (Å²) in [4.78, 5) is 24.7. The van der Waals surface area contributed by atoms with E-state index in [4.69, 9.17) is 4.74 Å². The zero-order valence-corrected chi connectivity index (χ0v) is 12.7. The average Bonchev–Trinajstić information content (AvgIpc) is 2.74. The number of hydrogen-bond acceptors (Lipinski definition) is 3. The summed E-state index contributed by atoms with van der Waals surface area (Å²) in [6.07, 6.45) is -0.233. The van der Waals surface area contributed by atoms with Crippen molar-refractivity contribution in [2.75, 3.05) is 6.54 Å². The molecule has 1 N–H and O–H groups in total. The lowest BCUT2D eigenvalue weighted by Gasteiger charge is -2.30. The molecule has 5 nitrogen and oxygen atoms in total. The zero-order valence-electron chi connectivity index (χ0n) is 11.1. The minimum absolute atomic E-state index is 0.0344. The molecular weight excluding hydrogens is 326 g/mol. The summed E-state index contributed by atoms with van der Waals surface area (Å²) in [5.74, 6) is -1.02. The van der Waals surface area contributed by atoms with Gasteiger partial charge in [-0.3, -0.25) is 4.90 Å². The maximum Gasteiger partial charge on any atom is 0.411 e. The van der Waals surface area contributed by atoms with E-state index < -0.39 is 17.6 Å². The van der Waals surface area contributed by atoms with Crippen LogP contribution < -0.4 is 0 Å². The van der Waals surface area contributed by atoms with Crippen LogP contribution in [0.4, 0.5) is 4.79 Å². The van der Waals surface area contributed by atoms with Gasteiger partial charge >= 0.3 is 12.1 Å². The van der Waals surface area contributed by atoms with Crippen molar-refractivity contribution >= 4 is 28.0 Å². The summed E-state index contributed by atoms with van der Waals surface area (Å²) in [7, 11) is 0. The van der Waals surface area contributed by atoms with Gasteiger partial charge in [-0.25, -0.2) is 9.59 Å². The van der Waals surface area contributed by atoms with Crippen LogP contribution in [0.2, 0.25) is 0 Å². The predicted molar refractivity (Wildman–Crippen MR) is 76.7 cm³/mol. The molecule has 0 spiro atoms. The number of likely N-dealkylation sites (tertiary alicyclic amines) is 1. The van der Waals surface area contributed by atoms with Gasteiger partial charge in [-0.2, -0.15) is 0 Å². The van der Waals surface area contributed by atoms with E-state index in [2.05, 4.69) is 15.9 Å². The molecule has 2 atom stereocenters. The Morgan fingerprint density at radius 3 is 2.70 bits per heavy atom. The third-order valence-electron chi connectivity index (χ3n) is 3.48. The van der Waals surface area contributed by atoms with E-state index in [1.165, 1.54) is 4.90 Å². The number of halogens is 1. The van der Waals surface area contributed by atoms with E-state index in [-0.39, 0.29) is 11.4 Å². The summed E-state index contributed by atoms with van der Waals surface area (Å²) in [6, 6.07) is 9.29. The molecule has 1 amide bonds. The largest absolute Gasteiger partial charge is 0.480 e. The van der Waals surface area contributed by atoms with Crippen LogP contribution in [-0.2, 0) is 16.1 Å². The molecule has 2 rings (SSSR count). The van der Waals surface area contributed by atoms with Gasteiger partial charge < -0.3 is 9.84 Å². The summed E-state index contributed by atoms with van der Waals surface area (Å²) >= 11 is 3.37. The minimum atomic E-state index is -1.22. The van der Waals surface area contributed by atoms with E-state index >= 15 is 0 Å². The normalized spacial score (nSPS) is 25.5. The number of rotatable bonds is 3. The fourth-order valence-electron chi connectivity index (χ4n) is 2.28. The van der Waals surface area contributed by atoms with Gasteiger partial charge in [0, 0.05) is 11.4 Å². The molecule has 108 valence electrons. The van der Waals surface area contributed by atoms with Crippen molar-refractivity contribution in [2.45, 2.75) is 30.3 Å². The molecule has 0 aliphatic carbocycles. The Bertz CT molecular complexity index is 507. The first-order valence-electron chi connectivity index (χ1n) is 6.29. The molecule has 0 saturated carbocycles. The maximum atomic E-state index is 12.1. The number of ether oxygens (including phenoxy) is 1. The first-order valence-corrected chi connectivity index (χ1v) is 7.21. The van der Waals surface area contributed by atoms with Gasteiger partial charge in [0.15, 0.2) is 0 Å². The van der Waals surface area contributed by atoms with Crippen molar-refractivity contribution in [3.05, 3.63) is 35.9 Å². The first kappa shape index (κ1) is 14.8. The van der Waals surface area contributed by atoms with Crippen molar-refractivity contribution < 1.29 is 19.4 Å². The van der Waals surface area contributed by atoms with Gasteiger partial charge in [0.1, 0.15) is 12.1 Å². The zero-order chi connectivity index (χ0) is 14.8. The lowest BCUT2D eigenvalue weighted by molar-refractivity contribution is -0.147. The standard InChI is InChI=1S/C14H16BrNO4/c1-14(12(17)18)7-11(15)8-16(14)13(19)20-9-10-5-3-2-4-6-10/h2-6,11H,7-9H2,1H3,(H,17,18)/t11-,14-/m1/s1. The van der Waals surface area contributed by atoms with E-state index in [9.17, 15) is 14.7 Å². The molecule has 6 heteroatoms. The topological polar surface area (TPSA) is 66.8 Å². The van der Waals surface area contributed by atoms with E-state index in [0.717, 1.165) is 5.56 Å². The van der Waals surface area contributed by atoms with Crippen molar-refractivity contribution in [1.82, 2.24) is 4.90 Å². The van der Waals surface area contributed by atoms with E-state index in [0.29, 0.717) is 13.0 Å². The molecule has 1 aromatic rings. The number of carboxylic acids is 1. The smallest absolute Gasteiger partial charge is 0.411 e. The Labute approximate surface area is 125 Å². The Kier molecular flexibility index (Phi) is 4.32. The molecule has 1 aliphatic rings. The lowest BCUT2D eigenvalue weighted by atomic mass is 10.00. The summed E-state index contributed by atoms with van der Waals surface area (Å²) < 4.78 is 5.21. The highest BCUT2D eigenvalue weighted by atomic mass is 79.9. The molecule has 0 aromatic heterocycles. The number of hydrogen-bond donors (Lipinski definition) is 1. The maximum absolute atomic E-state index is 12.1. The Hall–Kier alpha value is -1.56. The highest BCUT2D eigenvalue weighted by Crippen LogP contribution is 2.33. The number of carbonyl (C=O) groups excluding carboxylic acids is 1. The van der Waals surface area contributed by atoms with Crippen LogP contribution >= 0.6 is 15.9 Å². The lowest BCUT2D eigenvalue weighted by Crippen LogP contribution is -2.50. The molecule has 1 saturated heterocycles. The second-order valence-corrected chi connectivity index (χ2v) is 6.33. The number of nitrogens with zero attached hydrogens (tertiary/aromatic N) is 1. The van der Waals surface area contributed by atoms with Crippen LogP contribution in [0.5, 0.6) is 0 Å². The van der Waals surface area contributed by atoms with Gasteiger partial charge in [0.25, 0.3) is 0 Å². The van der Waals surface area contributed by atoms with Crippen LogP contribution in [-0.4, -0.2) is 39.0 Å². The predicted octanol–water partition coefficient (Wildman–Crippen LogP) is 2.64. The van der Waals surface area contributed by atoms with Gasteiger partial charge in [-0.15, -0.1) is 0 Å². The Morgan fingerprint density at radius 1 is 1.45 bits per heavy atom. The second-order valence-electron chi connectivity index (χ2n) is 5.03.